The summed E-state index contributed by atoms with van der Waals surface area (Å²) in [5.41, 5.74) is 2.34. The number of nitrogens with zero attached hydrogens (tertiary/aromatic N) is 1. The molecule has 0 aliphatic rings. The van der Waals surface area contributed by atoms with Crippen molar-refractivity contribution in [3.05, 3.63) is 58.8 Å². The maximum absolute atomic E-state index is 4.07. The van der Waals surface area contributed by atoms with Crippen molar-refractivity contribution in [2.24, 2.45) is 0 Å². The molecule has 0 bridgehead atoms. The van der Waals surface area contributed by atoms with Crippen LogP contribution in [0.5, 0.6) is 0 Å². The van der Waals surface area contributed by atoms with Gasteiger partial charge in [-0.1, -0.05) is 30.3 Å². The number of rotatable bonds is 3. The fourth-order valence-electron chi connectivity index (χ4n) is 1.31. The molecule has 0 radical (unpaired) electrons. The van der Waals surface area contributed by atoms with Crippen LogP contribution >= 0.6 is 15.9 Å². The Morgan fingerprint density at radius 2 is 1.93 bits per heavy atom. The Bertz CT molecular complexity index is 429. The van der Waals surface area contributed by atoms with Crippen LogP contribution in [0.25, 0.3) is 0 Å². The largest absolute Gasteiger partial charge is 0.381 e. The molecule has 1 aromatic heterocycles. The maximum Gasteiger partial charge on any atom is 0.108 e. The van der Waals surface area contributed by atoms with Crippen LogP contribution in [0.15, 0.2) is 53.3 Å². The zero-order valence-corrected chi connectivity index (χ0v) is 9.74. The predicted molar refractivity (Wildman–Crippen MR) is 65.7 cm³/mol. The van der Waals surface area contributed by atoms with Crippen LogP contribution in [0, 0.1) is 0 Å². The quantitative estimate of drug-likeness (QED) is 0.858. The first-order chi connectivity index (χ1) is 7.34. The van der Waals surface area contributed by atoms with Crippen molar-refractivity contribution in [3.63, 3.8) is 0 Å². The maximum atomic E-state index is 4.07. The van der Waals surface area contributed by atoms with Crippen molar-refractivity contribution in [3.8, 4) is 0 Å². The van der Waals surface area contributed by atoms with Crippen molar-refractivity contribution >= 4 is 21.6 Å². The number of pyridine rings is 1. The Morgan fingerprint density at radius 1 is 1.13 bits per heavy atom. The van der Waals surface area contributed by atoms with Gasteiger partial charge < -0.3 is 5.32 Å². The molecular formula is C12H11BrN2. The SMILES string of the molecule is Brc1cc(NCc2ccccc2)ccn1. The Kier molecular flexibility index (Phi) is 3.35. The molecule has 3 heteroatoms. The minimum atomic E-state index is 0.831. The van der Waals surface area contributed by atoms with E-state index in [9.17, 15) is 0 Å². The summed E-state index contributed by atoms with van der Waals surface area (Å²) in [6.45, 7) is 0.831. The third kappa shape index (κ3) is 3.06. The van der Waals surface area contributed by atoms with Gasteiger partial charge in [-0.2, -0.15) is 0 Å². The van der Waals surface area contributed by atoms with E-state index < -0.39 is 0 Å². The molecule has 0 saturated heterocycles. The first kappa shape index (κ1) is 10.2. The normalized spacial score (nSPS) is 9.93. The highest BCUT2D eigenvalue weighted by Gasteiger charge is 1.94. The molecule has 0 amide bonds. The molecule has 0 aliphatic carbocycles. The summed E-state index contributed by atoms with van der Waals surface area (Å²) in [5.74, 6) is 0. The zero-order chi connectivity index (χ0) is 10.5. The molecule has 1 N–H and O–H groups in total. The summed E-state index contributed by atoms with van der Waals surface area (Å²) in [5, 5.41) is 3.33. The van der Waals surface area contributed by atoms with Gasteiger partial charge >= 0.3 is 0 Å². The van der Waals surface area contributed by atoms with Crippen LogP contribution < -0.4 is 5.32 Å². The molecule has 2 nitrogen and oxygen atoms in total. The standard InChI is InChI=1S/C12H11BrN2/c13-12-8-11(6-7-14-12)15-9-10-4-2-1-3-5-10/h1-8H,9H2,(H,14,15). The molecule has 2 aromatic rings. The van der Waals surface area contributed by atoms with Gasteiger partial charge in [0, 0.05) is 18.4 Å². The number of halogens is 1. The summed E-state index contributed by atoms with van der Waals surface area (Å²) < 4.78 is 0.848. The summed E-state index contributed by atoms with van der Waals surface area (Å²) in [6, 6.07) is 14.2. The molecule has 0 unspecified atom stereocenters. The first-order valence-corrected chi connectivity index (χ1v) is 5.53. The molecular weight excluding hydrogens is 252 g/mol. The van der Waals surface area contributed by atoms with Crippen LogP contribution in [0.2, 0.25) is 0 Å². The first-order valence-electron chi connectivity index (χ1n) is 4.74. The van der Waals surface area contributed by atoms with Gasteiger partial charge in [0.05, 0.1) is 0 Å². The van der Waals surface area contributed by atoms with Gasteiger partial charge in [-0.05, 0) is 33.6 Å². The Hall–Kier alpha value is -1.35. The van der Waals surface area contributed by atoms with Gasteiger partial charge in [-0.25, -0.2) is 4.98 Å². The number of hydrogen-bond donors (Lipinski definition) is 1. The van der Waals surface area contributed by atoms with E-state index in [1.165, 1.54) is 5.56 Å². The van der Waals surface area contributed by atoms with Gasteiger partial charge in [-0.15, -0.1) is 0 Å². The highest BCUT2D eigenvalue weighted by Crippen LogP contribution is 2.13. The lowest BCUT2D eigenvalue weighted by atomic mass is 10.2. The van der Waals surface area contributed by atoms with E-state index in [0.29, 0.717) is 0 Å². The smallest absolute Gasteiger partial charge is 0.108 e. The molecule has 0 saturated carbocycles. The van der Waals surface area contributed by atoms with E-state index in [0.717, 1.165) is 16.8 Å². The summed E-state index contributed by atoms with van der Waals surface area (Å²) in [4.78, 5) is 4.07. The van der Waals surface area contributed by atoms with Gasteiger partial charge in [0.15, 0.2) is 0 Å². The Labute approximate surface area is 97.5 Å². The minimum absolute atomic E-state index is 0.831. The number of aromatic nitrogens is 1. The van der Waals surface area contributed by atoms with Crippen molar-refractivity contribution < 1.29 is 0 Å². The molecule has 1 heterocycles. The van der Waals surface area contributed by atoms with E-state index in [4.69, 9.17) is 0 Å². The van der Waals surface area contributed by atoms with Crippen LogP contribution in [-0.4, -0.2) is 4.98 Å². The Balaban J connectivity index is 1.99. The minimum Gasteiger partial charge on any atom is -0.381 e. The summed E-state index contributed by atoms with van der Waals surface area (Å²) in [6.07, 6.45) is 1.78. The third-order valence-corrected chi connectivity index (χ3v) is 2.50. The molecule has 0 aliphatic heterocycles. The summed E-state index contributed by atoms with van der Waals surface area (Å²) >= 11 is 3.34. The lowest BCUT2D eigenvalue weighted by Crippen LogP contribution is -1.98. The van der Waals surface area contributed by atoms with Crippen LogP contribution in [0.3, 0.4) is 0 Å². The number of nitrogens with one attached hydrogen (secondary N) is 1. The molecule has 2 rings (SSSR count). The predicted octanol–water partition coefficient (Wildman–Crippen LogP) is 3.46. The average molecular weight is 263 g/mol. The van der Waals surface area contributed by atoms with Gasteiger partial charge in [0.1, 0.15) is 4.60 Å². The van der Waals surface area contributed by atoms with Crippen LogP contribution in [0.1, 0.15) is 5.56 Å². The van der Waals surface area contributed by atoms with Crippen molar-refractivity contribution in [1.29, 1.82) is 0 Å². The van der Waals surface area contributed by atoms with Gasteiger partial charge in [0.25, 0.3) is 0 Å². The van der Waals surface area contributed by atoms with Crippen molar-refractivity contribution in [2.45, 2.75) is 6.54 Å². The second-order valence-corrected chi connectivity index (χ2v) is 4.02. The molecule has 0 fully saturated rings. The van der Waals surface area contributed by atoms with E-state index >= 15 is 0 Å². The zero-order valence-electron chi connectivity index (χ0n) is 8.15. The molecule has 1 aromatic carbocycles. The third-order valence-electron chi connectivity index (χ3n) is 2.07. The highest BCUT2D eigenvalue weighted by atomic mass is 79.9. The van der Waals surface area contributed by atoms with Crippen molar-refractivity contribution in [2.75, 3.05) is 5.32 Å². The number of hydrogen-bond acceptors (Lipinski definition) is 2. The molecule has 0 spiro atoms. The highest BCUT2D eigenvalue weighted by molar-refractivity contribution is 9.10. The summed E-state index contributed by atoms with van der Waals surface area (Å²) in [7, 11) is 0. The van der Waals surface area contributed by atoms with Gasteiger partial charge in [-0.3, -0.25) is 0 Å². The number of benzene rings is 1. The Morgan fingerprint density at radius 3 is 2.67 bits per heavy atom. The van der Waals surface area contributed by atoms with E-state index in [2.05, 4.69) is 38.4 Å². The van der Waals surface area contributed by atoms with E-state index in [1.54, 1.807) is 6.20 Å². The fourth-order valence-corrected chi connectivity index (χ4v) is 1.68. The van der Waals surface area contributed by atoms with Crippen LogP contribution in [-0.2, 0) is 6.54 Å². The fraction of sp³-hybridized carbons (Fsp3) is 0.0833. The second-order valence-electron chi connectivity index (χ2n) is 3.21. The van der Waals surface area contributed by atoms with Gasteiger partial charge in [0.2, 0.25) is 0 Å². The lowest BCUT2D eigenvalue weighted by molar-refractivity contribution is 1.14. The molecule has 0 atom stereocenters. The van der Waals surface area contributed by atoms with E-state index in [1.807, 2.05) is 30.3 Å². The topological polar surface area (TPSA) is 24.9 Å². The molecule has 76 valence electrons. The monoisotopic (exact) mass is 262 g/mol. The lowest BCUT2D eigenvalue weighted by Gasteiger charge is -2.06. The van der Waals surface area contributed by atoms with Crippen molar-refractivity contribution in [1.82, 2.24) is 4.98 Å². The second kappa shape index (κ2) is 4.94. The molecule has 15 heavy (non-hydrogen) atoms. The average Bonchev–Trinajstić information content (AvgIpc) is 2.28. The van der Waals surface area contributed by atoms with Crippen LogP contribution in [0.4, 0.5) is 5.69 Å². The number of anilines is 1. The van der Waals surface area contributed by atoms with E-state index in [-0.39, 0.29) is 0 Å².